The number of benzene rings is 1. The molecule has 1 heterocycles. The first-order chi connectivity index (χ1) is 11.5. The molecule has 0 atom stereocenters. The molecule has 0 saturated heterocycles. The van der Waals surface area contributed by atoms with Gasteiger partial charge in [0.2, 0.25) is 0 Å². The number of nitro benzene ring substituents is 1. The number of carbonyl (C=O) groups is 2. The van der Waals surface area contributed by atoms with Gasteiger partial charge in [0.1, 0.15) is 11.6 Å². The van der Waals surface area contributed by atoms with Crippen molar-refractivity contribution in [3.05, 3.63) is 64.4 Å². The summed E-state index contributed by atoms with van der Waals surface area (Å²) in [4.78, 5) is 32.9. The van der Waals surface area contributed by atoms with Gasteiger partial charge in [0, 0.05) is 18.2 Å². The van der Waals surface area contributed by atoms with Gasteiger partial charge in [0.15, 0.2) is 6.61 Å². The third-order valence-electron chi connectivity index (χ3n) is 2.71. The van der Waals surface area contributed by atoms with E-state index < -0.39 is 29.2 Å². The van der Waals surface area contributed by atoms with E-state index in [1.165, 1.54) is 12.3 Å². The van der Waals surface area contributed by atoms with Gasteiger partial charge in [-0.05, 0) is 24.3 Å². The fourth-order valence-corrected chi connectivity index (χ4v) is 1.63. The van der Waals surface area contributed by atoms with Crippen molar-refractivity contribution in [1.29, 1.82) is 0 Å². The van der Waals surface area contributed by atoms with Crippen LogP contribution in [0.3, 0.4) is 0 Å². The summed E-state index contributed by atoms with van der Waals surface area (Å²) in [5, 5.41) is 12.7. The number of hydrogen-bond donors (Lipinski definition) is 1. The number of anilines is 1. The minimum absolute atomic E-state index is 0.378. The van der Waals surface area contributed by atoms with Gasteiger partial charge in [0.05, 0.1) is 16.9 Å². The van der Waals surface area contributed by atoms with Gasteiger partial charge in [-0.3, -0.25) is 14.9 Å². The van der Waals surface area contributed by atoms with Crippen molar-refractivity contribution in [2.24, 2.45) is 0 Å². The SMILES string of the molecule is O=C(COC(=O)C=Cc1ccco1)Nc1cc([N+](=O)[O-])ccc1F. The lowest BCUT2D eigenvalue weighted by molar-refractivity contribution is -0.384. The van der Waals surface area contributed by atoms with Crippen molar-refractivity contribution in [3.63, 3.8) is 0 Å². The first-order valence-corrected chi connectivity index (χ1v) is 6.58. The van der Waals surface area contributed by atoms with Crippen LogP contribution in [0.1, 0.15) is 5.76 Å². The van der Waals surface area contributed by atoms with Crippen LogP contribution in [0.15, 0.2) is 47.1 Å². The van der Waals surface area contributed by atoms with Crippen molar-refractivity contribution in [1.82, 2.24) is 0 Å². The van der Waals surface area contributed by atoms with Gasteiger partial charge < -0.3 is 14.5 Å². The zero-order valence-electron chi connectivity index (χ0n) is 12.1. The van der Waals surface area contributed by atoms with Crippen LogP contribution in [-0.4, -0.2) is 23.4 Å². The molecule has 1 amide bonds. The number of ether oxygens (including phenoxy) is 1. The molecule has 0 aliphatic heterocycles. The van der Waals surface area contributed by atoms with Gasteiger partial charge in [-0.1, -0.05) is 0 Å². The van der Waals surface area contributed by atoms with Crippen LogP contribution in [0, 0.1) is 15.9 Å². The highest BCUT2D eigenvalue weighted by Gasteiger charge is 2.14. The Kier molecular flexibility index (Phi) is 5.40. The second-order valence-electron chi connectivity index (χ2n) is 4.43. The average molecular weight is 334 g/mol. The van der Waals surface area contributed by atoms with E-state index in [0.717, 1.165) is 24.3 Å². The molecular weight excluding hydrogens is 323 g/mol. The summed E-state index contributed by atoms with van der Waals surface area (Å²) >= 11 is 0. The van der Waals surface area contributed by atoms with E-state index in [0.29, 0.717) is 5.76 Å². The molecule has 0 unspecified atom stereocenters. The van der Waals surface area contributed by atoms with Gasteiger partial charge >= 0.3 is 5.97 Å². The Morgan fingerprint density at radius 1 is 1.38 bits per heavy atom. The highest BCUT2D eigenvalue weighted by atomic mass is 19.1. The number of carbonyl (C=O) groups excluding carboxylic acids is 2. The molecule has 0 saturated carbocycles. The maximum absolute atomic E-state index is 13.5. The molecular formula is C15H11FN2O6. The van der Waals surface area contributed by atoms with Crippen molar-refractivity contribution in [2.45, 2.75) is 0 Å². The van der Waals surface area contributed by atoms with E-state index in [1.807, 2.05) is 0 Å². The summed E-state index contributed by atoms with van der Waals surface area (Å²) in [6.45, 7) is -0.677. The molecule has 2 rings (SSSR count). The first-order valence-electron chi connectivity index (χ1n) is 6.58. The average Bonchev–Trinajstić information content (AvgIpc) is 3.06. The summed E-state index contributed by atoms with van der Waals surface area (Å²) in [5.74, 6) is -2.07. The Labute approximate surface area is 134 Å². The maximum atomic E-state index is 13.5. The van der Waals surface area contributed by atoms with Crippen LogP contribution in [0.4, 0.5) is 15.8 Å². The summed E-state index contributed by atoms with van der Waals surface area (Å²) in [7, 11) is 0. The normalized spacial score (nSPS) is 10.5. The minimum Gasteiger partial charge on any atom is -0.465 e. The number of hydrogen-bond acceptors (Lipinski definition) is 6. The predicted molar refractivity (Wildman–Crippen MR) is 80.4 cm³/mol. The second kappa shape index (κ2) is 7.68. The number of furan rings is 1. The second-order valence-corrected chi connectivity index (χ2v) is 4.43. The van der Waals surface area contributed by atoms with E-state index in [-0.39, 0.29) is 11.4 Å². The molecule has 0 aliphatic rings. The Morgan fingerprint density at radius 3 is 2.83 bits per heavy atom. The summed E-state index contributed by atoms with van der Waals surface area (Å²) in [6, 6.07) is 5.93. The molecule has 0 spiro atoms. The molecule has 1 aromatic heterocycles. The maximum Gasteiger partial charge on any atom is 0.331 e. The standard InChI is InChI=1S/C15H11FN2O6/c16-12-5-3-10(18(21)22)8-13(12)17-14(19)9-24-15(20)6-4-11-2-1-7-23-11/h1-8H,9H2,(H,17,19). The molecule has 124 valence electrons. The Balaban J connectivity index is 1.88. The minimum atomic E-state index is -0.849. The van der Waals surface area contributed by atoms with Gasteiger partial charge in [-0.25, -0.2) is 9.18 Å². The van der Waals surface area contributed by atoms with E-state index in [2.05, 4.69) is 10.1 Å². The molecule has 9 heteroatoms. The third kappa shape index (κ3) is 4.77. The Hall–Kier alpha value is -3.49. The number of nitrogens with zero attached hydrogens (tertiary/aromatic N) is 1. The predicted octanol–water partition coefficient (Wildman–Crippen LogP) is 2.52. The number of nitrogens with one attached hydrogen (secondary N) is 1. The molecule has 8 nitrogen and oxygen atoms in total. The summed E-state index contributed by atoms with van der Waals surface area (Å²) in [6.07, 6.45) is 3.83. The number of non-ortho nitro benzene ring substituents is 1. The zero-order valence-corrected chi connectivity index (χ0v) is 12.1. The molecule has 0 bridgehead atoms. The van der Waals surface area contributed by atoms with Crippen LogP contribution in [0.5, 0.6) is 0 Å². The summed E-state index contributed by atoms with van der Waals surface area (Å²) in [5.41, 5.74) is -0.763. The third-order valence-corrected chi connectivity index (χ3v) is 2.71. The molecule has 24 heavy (non-hydrogen) atoms. The van der Waals surface area contributed by atoms with Gasteiger partial charge in [-0.2, -0.15) is 0 Å². The lowest BCUT2D eigenvalue weighted by Crippen LogP contribution is -2.20. The number of rotatable bonds is 6. The van der Waals surface area contributed by atoms with E-state index in [1.54, 1.807) is 12.1 Å². The quantitative estimate of drug-likeness (QED) is 0.376. The van der Waals surface area contributed by atoms with Crippen LogP contribution < -0.4 is 5.32 Å². The Morgan fingerprint density at radius 2 is 2.17 bits per heavy atom. The van der Waals surface area contributed by atoms with E-state index in [4.69, 9.17) is 4.42 Å². The van der Waals surface area contributed by atoms with Crippen molar-refractivity contribution in [2.75, 3.05) is 11.9 Å². The largest absolute Gasteiger partial charge is 0.465 e. The van der Waals surface area contributed by atoms with Crippen LogP contribution >= 0.6 is 0 Å². The summed E-state index contributed by atoms with van der Waals surface area (Å²) < 4.78 is 23.1. The lowest BCUT2D eigenvalue weighted by Gasteiger charge is -2.06. The molecule has 1 aromatic carbocycles. The Bertz CT molecular complexity index is 785. The lowest BCUT2D eigenvalue weighted by atomic mass is 10.2. The van der Waals surface area contributed by atoms with Crippen molar-refractivity contribution < 1.29 is 28.1 Å². The fourth-order valence-electron chi connectivity index (χ4n) is 1.63. The molecule has 0 radical (unpaired) electrons. The van der Waals surface area contributed by atoms with E-state index in [9.17, 15) is 24.1 Å². The highest BCUT2D eigenvalue weighted by Crippen LogP contribution is 2.21. The fraction of sp³-hybridized carbons (Fsp3) is 0.0667. The smallest absolute Gasteiger partial charge is 0.331 e. The van der Waals surface area contributed by atoms with Crippen molar-refractivity contribution in [3.8, 4) is 0 Å². The molecule has 1 N–H and O–H groups in total. The van der Waals surface area contributed by atoms with Gasteiger partial charge in [0.25, 0.3) is 11.6 Å². The van der Waals surface area contributed by atoms with Crippen LogP contribution in [-0.2, 0) is 14.3 Å². The monoisotopic (exact) mass is 334 g/mol. The highest BCUT2D eigenvalue weighted by molar-refractivity contribution is 5.94. The topological polar surface area (TPSA) is 112 Å². The zero-order chi connectivity index (χ0) is 17.5. The number of amides is 1. The first kappa shape index (κ1) is 16.9. The van der Waals surface area contributed by atoms with E-state index >= 15 is 0 Å². The number of nitro groups is 1. The van der Waals surface area contributed by atoms with Crippen molar-refractivity contribution >= 4 is 29.3 Å². The van der Waals surface area contributed by atoms with Crippen LogP contribution in [0.2, 0.25) is 0 Å². The van der Waals surface area contributed by atoms with Gasteiger partial charge in [-0.15, -0.1) is 0 Å². The van der Waals surface area contributed by atoms with Crippen LogP contribution in [0.25, 0.3) is 6.08 Å². The molecule has 0 aliphatic carbocycles. The number of halogens is 1. The molecule has 0 fully saturated rings. The number of esters is 1. The molecule has 2 aromatic rings.